The van der Waals surface area contributed by atoms with E-state index in [1.54, 1.807) is 0 Å². The Labute approximate surface area is 157 Å². The maximum atomic E-state index is 13.3. The van der Waals surface area contributed by atoms with Crippen molar-refractivity contribution in [2.24, 2.45) is 0 Å². The first-order chi connectivity index (χ1) is 13.1. The van der Waals surface area contributed by atoms with Gasteiger partial charge in [0.15, 0.2) is 5.54 Å². The lowest BCUT2D eigenvalue weighted by atomic mass is 9.83. The second-order valence-corrected chi connectivity index (χ2v) is 7.10. The van der Waals surface area contributed by atoms with Crippen molar-refractivity contribution in [3.05, 3.63) is 71.8 Å². The molecule has 2 N–H and O–H groups in total. The van der Waals surface area contributed by atoms with E-state index in [0.29, 0.717) is 12.0 Å². The first-order valence-electron chi connectivity index (χ1n) is 9.11. The molecule has 2 aliphatic rings. The summed E-state index contributed by atoms with van der Waals surface area (Å²) in [7, 11) is 0. The van der Waals surface area contributed by atoms with Crippen LogP contribution in [0.4, 0.5) is 4.79 Å². The molecule has 0 bridgehead atoms. The minimum absolute atomic E-state index is 0.182. The highest BCUT2D eigenvalue weighted by atomic mass is 16.2. The summed E-state index contributed by atoms with van der Waals surface area (Å²) in [4.78, 5) is 39.1. The van der Waals surface area contributed by atoms with Crippen molar-refractivity contribution in [3.8, 4) is 0 Å². The van der Waals surface area contributed by atoms with Crippen molar-refractivity contribution in [1.29, 1.82) is 0 Å². The van der Waals surface area contributed by atoms with Crippen LogP contribution in [0.5, 0.6) is 0 Å². The largest absolute Gasteiger partial charge is 0.352 e. The Hall–Kier alpha value is -3.15. The number of carbonyl (C=O) groups is 3. The molecule has 2 fully saturated rings. The first-order valence-corrected chi connectivity index (χ1v) is 9.11. The number of nitrogens with zero attached hydrogens (tertiary/aromatic N) is 1. The predicted octanol–water partition coefficient (Wildman–Crippen LogP) is 1.95. The molecule has 2 aromatic rings. The highest BCUT2D eigenvalue weighted by Gasteiger charge is 2.52. The monoisotopic (exact) mass is 363 g/mol. The number of carbonyl (C=O) groups excluding carboxylic acids is 3. The summed E-state index contributed by atoms with van der Waals surface area (Å²) < 4.78 is 0. The summed E-state index contributed by atoms with van der Waals surface area (Å²) in [5.74, 6) is -0.696. The number of nitrogens with one attached hydrogen (secondary N) is 2. The molecule has 4 amide bonds. The zero-order chi connectivity index (χ0) is 18.9. The Kier molecular flexibility index (Phi) is 4.39. The van der Waals surface area contributed by atoms with Gasteiger partial charge < -0.3 is 10.6 Å². The molecule has 1 saturated carbocycles. The van der Waals surface area contributed by atoms with Crippen LogP contribution in [0, 0.1) is 0 Å². The zero-order valence-corrected chi connectivity index (χ0v) is 14.9. The minimum Gasteiger partial charge on any atom is -0.352 e. The van der Waals surface area contributed by atoms with Gasteiger partial charge in [-0.05, 0) is 24.0 Å². The fourth-order valence-corrected chi connectivity index (χ4v) is 3.46. The minimum atomic E-state index is -1.21. The maximum Gasteiger partial charge on any atom is 0.325 e. The van der Waals surface area contributed by atoms with Gasteiger partial charge in [-0.1, -0.05) is 60.7 Å². The van der Waals surface area contributed by atoms with E-state index in [2.05, 4.69) is 10.6 Å². The van der Waals surface area contributed by atoms with Crippen LogP contribution in [0.25, 0.3) is 0 Å². The Morgan fingerprint density at radius 1 is 1.04 bits per heavy atom. The van der Waals surface area contributed by atoms with Gasteiger partial charge in [0.2, 0.25) is 5.91 Å². The normalized spacial score (nSPS) is 21.9. The molecule has 4 rings (SSSR count). The number of hydrogen-bond acceptors (Lipinski definition) is 3. The number of imide groups is 1. The van der Waals surface area contributed by atoms with Crippen LogP contribution in [0.1, 0.15) is 24.0 Å². The molecule has 138 valence electrons. The fraction of sp³-hybridized carbons (Fsp3) is 0.286. The third-order valence-corrected chi connectivity index (χ3v) is 5.00. The summed E-state index contributed by atoms with van der Waals surface area (Å²) in [6.45, 7) is -0.259. The van der Waals surface area contributed by atoms with Gasteiger partial charge in [-0.3, -0.25) is 14.5 Å². The standard InChI is InChI=1S/C21H21N3O3/c25-18(22-17-11-12-17)14-24-19(26)21(23-20(24)27,16-9-5-2-6-10-16)13-15-7-3-1-4-8-15/h1-10,17H,11-14H2,(H,22,25)(H,23,27)/t21-/m1/s1. The molecule has 2 aromatic carbocycles. The molecule has 0 unspecified atom stereocenters. The Morgan fingerprint density at radius 2 is 1.67 bits per heavy atom. The van der Waals surface area contributed by atoms with Crippen LogP contribution in [0.2, 0.25) is 0 Å². The van der Waals surface area contributed by atoms with E-state index in [1.807, 2.05) is 60.7 Å². The lowest BCUT2D eigenvalue weighted by Crippen LogP contribution is -2.47. The van der Waals surface area contributed by atoms with Gasteiger partial charge in [-0.25, -0.2) is 4.79 Å². The smallest absolute Gasteiger partial charge is 0.325 e. The van der Waals surface area contributed by atoms with Crippen molar-refractivity contribution in [3.63, 3.8) is 0 Å². The van der Waals surface area contributed by atoms with Crippen LogP contribution < -0.4 is 10.6 Å². The Morgan fingerprint density at radius 3 is 2.30 bits per heavy atom. The van der Waals surface area contributed by atoms with Crippen molar-refractivity contribution in [1.82, 2.24) is 15.5 Å². The van der Waals surface area contributed by atoms with Crippen LogP contribution in [0.3, 0.4) is 0 Å². The maximum absolute atomic E-state index is 13.3. The molecule has 6 nitrogen and oxygen atoms in total. The topological polar surface area (TPSA) is 78.5 Å². The SMILES string of the molecule is O=C(CN1C(=O)N[C@](Cc2ccccc2)(c2ccccc2)C1=O)NC1CC1. The Bertz CT molecular complexity index is 865. The Balaban J connectivity index is 1.65. The second-order valence-electron chi connectivity index (χ2n) is 7.10. The van der Waals surface area contributed by atoms with Crippen molar-refractivity contribution in [2.45, 2.75) is 30.8 Å². The van der Waals surface area contributed by atoms with E-state index >= 15 is 0 Å². The molecular formula is C21H21N3O3. The van der Waals surface area contributed by atoms with Gasteiger partial charge in [-0.2, -0.15) is 0 Å². The van der Waals surface area contributed by atoms with Crippen molar-refractivity contribution in [2.75, 3.05) is 6.54 Å². The van der Waals surface area contributed by atoms with Crippen molar-refractivity contribution >= 4 is 17.8 Å². The van der Waals surface area contributed by atoms with Gasteiger partial charge in [0.25, 0.3) is 5.91 Å². The van der Waals surface area contributed by atoms with Crippen LogP contribution >= 0.6 is 0 Å². The van der Waals surface area contributed by atoms with E-state index in [4.69, 9.17) is 0 Å². The quantitative estimate of drug-likeness (QED) is 0.770. The molecule has 0 radical (unpaired) electrons. The molecule has 27 heavy (non-hydrogen) atoms. The molecule has 1 saturated heterocycles. The van der Waals surface area contributed by atoms with E-state index in [9.17, 15) is 14.4 Å². The summed E-state index contributed by atoms with van der Waals surface area (Å²) in [5.41, 5.74) is 0.427. The summed E-state index contributed by atoms with van der Waals surface area (Å²) in [6.07, 6.45) is 2.23. The second kappa shape index (κ2) is 6.87. The molecule has 6 heteroatoms. The van der Waals surface area contributed by atoms with Gasteiger partial charge >= 0.3 is 6.03 Å². The van der Waals surface area contributed by atoms with Crippen LogP contribution in [-0.4, -0.2) is 35.3 Å². The third kappa shape index (κ3) is 3.43. The number of rotatable bonds is 6. The number of amides is 4. The summed E-state index contributed by atoms with van der Waals surface area (Å²) in [6, 6.07) is 18.4. The van der Waals surface area contributed by atoms with Crippen LogP contribution in [0.15, 0.2) is 60.7 Å². The first kappa shape index (κ1) is 17.3. The third-order valence-electron chi connectivity index (χ3n) is 5.00. The average Bonchev–Trinajstić information content (AvgIpc) is 3.46. The van der Waals surface area contributed by atoms with Gasteiger partial charge in [0.05, 0.1) is 0 Å². The van der Waals surface area contributed by atoms with Crippen molar-refractivity contribution < 1.29 is 14.4 Å². The average molecular weight is 363 g/mol. The van der Waals surface area contributed by atoms with E-state index in [1.165, 1.54) is 0 Å². The number of urea groups is 1. The van der Waals surface area contributed by atoms with Gasteiger partial charge in [-0.15, -0.1) is 0 Å². The predicted molar refractivity (Wildman–Crippen MR) is 99.7 cm³/mol. The summed E-state index contributed by atoms with van der Waals surface area (Å²) in [5, 5.41) is 5.69. The molecular weight excluding hydrogens is 342 g/mol. The molecule has 1 atom stereocenters. The lowest BCUT2D eigenvalue weighted by molar-refractivity contribution is -0.135. The molecule has 1 aliphatic heterocycles. The van der Waals surface area contributed by atoms with Gasteiger partial charge in [0, 0.05) is 12.5 Å². The molecule has 0 spiro atoms. The highest BCUT2D eigenvalue weighted by molar-refractivity contribution is 6.09. The highest BCUT2D eigenvalue weighted by Crippen LogP contribution is 2.33. The molecule has 0 aromatic heterocycles. The number of benzene rings is 2. The molecule has 1 heterocycles. The van der Waals surface area contributed by atoms with Crippen LogP contribution in [-0.2, 0) is 21.5 Å². The fourth-order valence-electron chi connectivity index (χ4n) is 3.46. The summed E-state index contributed by atoms with van der Waals surface area (Å²) >= 11 is 0. The number of hydrogen-bond donors (Lipinski definition) is 2. The van der Waals surface area contributed by atoms with E-state index in [-0.39, 0.29) is 18.5 Å². The van der Waals surface area contributed by atoms with Gasteiger partial charge in [0.1, 0.15) is 6.54 Å². The lowest BCUT2D eigenvalue weighted by Gasteiger charge is -2.27. The van der Waals surface area contributed by atoms with E-state index in [0.717, 1.165) is 23.3 Å². The van der Waals surface area contributed by atoms with E-state index < -0.39 is 17.5 Å². The zero-order valence-electron chi connectivity index (χ0n) is 14.9. The molecule has 1 aliphatic carbocycles.